The number of nitrogens with one attached hydrogen (secondary N) is 2. The van der Waals surface area contributed by atoms with E-state index in [2.05, 4.69) is 15.8 Å². The summed E-state index contributed by atoms with van der Waals surface area (Å²) in [4.78, 5) is 25.7. The lowest BCUT2D eigenvalue weighted by Crippen LogP contribution is -2.44. The number of urea groups is 1. The molecular weight excluding hydrogens is 510 g/mol. The molecule has 0 radical (unpaired) electrons. The first-order valence-electron chi connectivity index (χ1n) is 13.8. The van der Waals surface area contributed by atoms with Gasteiger partial charge in [0.15, 0.2) is 5.82 Å². The van der Waals surface area contributed by atoms with Gasteiger partial charge in [0.25, 0.3) is 0 Å². The molecule has 216 valence electrons. The maximum Gasteiger partial charge on any atom is 0.319 e. The Morgan fingerprint density at radius 1 is 1.23 bits per heavy atom. The Labute approximate surface area is 235 Å². The van der Waals surface area contributed by atoms with Crippen LogP contribution in [0.25, 0.3) is 22.6 Å². The minimum Gasteiger partial charge on any atom is -0.491 e. The lowest BCUT2D eigenvalue weighted by molar-refractivity contribution is 0.108. The number of aliphatic hydroxyl groups excluding tert-OH is 1. The number of aryl methyl sites for hydroxylation is 2. The van der Waals surface area contributed by atoms with Gasteiger partial charge in [-0.2, -0.15) is 0 Å². The van der Waals surface area contributed by atoms with E-state index in [1.807, 2.05) is 49.9 Å². The molecule has 11 heteroatoms. The molecule has 1 unspecified atom stereocenters. The molecule has 40 heavy (non-hydrogen) atoms. The summed E-state index contributed by atoms with van der Waals surface area (Å²) in [7, 11) is 5.37. The van der Waals surface area contributed by atoms with Crippen LogP contribution in [0.1, 0.15) is 29.9 Å². The van der Waals surface area contributed by atoms with Crippen LogP contribution in [-0.4, -0.2) is 96.1 Å². The highest BCUT2D eigenvalue weighted by Gasteiger charge is 2.25. The van der Waals surface area contributed by atoms with Gasteiger partial charge in [0.1, 0.15) is 30.0 Å². The van der Waals surface area contributed by atoms with Gasteiger partial charge in [-0.1, -0.05) is 17.3 Å². The van der Waals surface area contributed by atoms with Gasteiger partial charge in [-0.3, -0.25) is 0 Å². The van der Waals surface area contributed by atoms with E-state index in [-0.39, 0.29) is 12.6 Å². The second-order valence-electron chi connectivity index (χ2n) is 10.6. The van der Waals surface area contributed by atoms with E-state index in [0.29, 0.717) is 29.8 Å². The highest BCUT2D eigenvalue weighted by molar-refractivity contribution is 5.75. The molecule has 3 N–H and O–H groups in total. The average Bonchev–Trinajstić information content (AvgIpc) is 3.28. The number of carbonyl (C=O) groups excluding carboxylic acids is 1. The van der Waals surface area contributed by atoms with Gasteiger partial charge in [-0.05, 0) is 58.7 Å². The van der Waals surface area contributed by atoms with Crippen molar-refractivity contribution in [2.75, 3.05) is 59.2 Å². The van der Waals surface area contributed by atoms with Crippen LogP contribution in [0.15, 0.2) is 28.8 Å². The Balaban J connectivity index is 1.59. The zero-order valence-corrected chi connectivity index (χ0v) is 24.3. The lowest BCUT2D eigenvalue weighted by Gasteiger charge is -2.33. The third kappa shape index (κ3) is 6.89. The molecule has 0 spiro atoms. The number of nitrogens with zero attached hydrogens (tertiary/aromatic N) is 5. The number of ether oxygens (including phenoxy) is 1. The quantitative estimate of drug-likeness (QED) is 0.347. The van der Waals surface area contributed by atoms with Crippen LogP contribution >= 0.6 is 0 Å². The molecule has 1 aliphatic heterocycles. The van der Waals surface area contributed by atoms with Gasteiger partial charge in [0.05, 0.1) is 17.0 Å². The Bertz CT molecular complexity index is 1280. The summed E-state index contributed by atoms with van der Waals surface area (Å²) in [5.41, 5.74) is 4.12. The topological polar surface area (TPSA) is 129 Å². The monoisotopic (exact) mass is 551 g/mol. The molecule has 11 nitrogen and oxygen atoms in total. The summed E-state index contributed by atoms with van der Waals surface area (Å²) in [5, 5.41) is 20.7. The second kappa shape index (κ2) is 13.1. The maximum atomic E-state index is 12.3. The van der Waals surface area contributed by atoms with E-state index in [0.717, 1.165) is 66.4 Å². The van der Waals surface area contributed by atoms with Crippen LogP contribution in [0.3, 0.4) is 0 Å². The van der Waals surface area contributed by atoms with Gasteiger partial charge in [-0.15, -0.1) is 0 Å². The number of likely N-dealkylation sites (N-methyl/N-ethyl adjacent to an activating group) is 1. The summed E-state index contributed by atoms with van der Waals surface area (Å²) in [6.45, 7) is 8.67. The van der Waals surface area contributed by atoms with E-state index in [1.54, 1.807) is 26.0 Å². The number of benzene rings is 1. The Morgan fingerprint density at radius 2 is 1.98 bits per heavy atom. The summed E-state index contributed by atoms with van der Waals surface area (Å²) >= 11 is 0. The number of anilines is 1. The number of piperidine rings is 1. The number of aromatic nitrogens is 3. The van der Waals surface area contributed by atoms with Crippen LogP contribution in [0.4, 0.5) is 10.6 Å². The Morgan fingerprint density at radius 3 is 2.62 bits per heavy atom. The van der Waals surface area contributed by atoms with Crippen LogP contribution in [0.2, 0.25) is 0 Å². The third-order valence-corrected chi connectivity index (χ3v) is 7.22. The smallest absolute Gasteiger partial charge is 0.319 e. The number of aliphatic hydroxyl groups is 1. The minimum atomic E-state index is -0.612. The van der Waals surface area contributed by atoms with Crippen LogP contribution in [0.5, 0.6) is 5.75 Å². The van der Waals surface area contributed by atoms with E-state index in [9.17, 15) is 9.90 Å². The van der Waals surface area contributed by atoms with Gasteiger partial charge < -0.3 is 34.8 Å². The molecule has 0 bridgehead atoms. The highest BCUT2D eigenvalue weighted by atomic mass is 16.5. The molecule has 1 atom stereocenters. The minimum absolute atomic E-state index is 0.0644. The number of rotatable bonds is 10. The van der Waals surface area contributed by atoms with Crippen molar-refractivity contribution >= 4 is 11.8 Å². The number of hydrogen-bond acceptors (Lipinski definition) is 9. The largest absolute Gasteiger partial charge is 0.491 e. The van der Waals surface area contributed by atoms with E-state index < -0.39 is 6.10 Å². The zero-order chi connectivity index (χ0) is 28.8. The summed E-state index contributed by atoms with van der Waals surface area (Å²) in [6.07, 6.45) is 1.25. The molecule has 3 aromatic rings. The van der Waals surface area contributed by atoms with Gasteiger partial charge >= 0.3 is 6.03 Å². The summed E-state index contributed by atoms with van der Waals surface area (Å²) in [5.74, 6) is 3.06. The molecule has 4 rings (SSSR count). The van der Waals surface area contributed by atoms with Gasteiger partial charge in [0.2, 0.25) is 0 Å². The molecule has 2 aromatic heterocycles. The second-order valence-corrected chi connectivity index (χ2v) is 10.6. The van der Waals surface area contributed by atoms with Crippen LogP contribution in [-0.2, 0) is 0 Å². The highest BCUT2D eigenvalue weighted by Crippen LogP contribution is 2.34. The fraction of sp³-hybridized carbons (Fsp3) is 0.517. The van der Waals surface area contributed by atoms with Gasteiger partial charge in [-0.25, -0.2) is 14.8 Å². The molecule has 0 saturated carbocycles. The standard InChI is InChI=1S/C29H41N7O4/c1-18-26(25-19(2)34-40-20(25)3)32-28(22-8-7-9-24(14-22)39-17-23(37)16-30-4)33-27(18)31-15-21-10-12-36(13-11-21)29(38)35(5)6/h7-9,14,21,23,30,37H,10-13,15-17H2,1-6H3,(H,31,32,33). The predicted molar refractivity (Wildman–Crippen MR) is 154 cm³/mol. The number of hydrogen-bond donors (Lipinski definition) is 3. The average molecular weight is 552 g/mol. The van der Waals surface area contributed by atoms with E-state index >= 15 is 0 Å². The van der Waals surface area contributed by atoms with Gasteiger partial charge in [0, 0.05) is 51.4 Å². The fourth-order valence-corrected chi connectivity index (χ4v) is 4.95. The zero-order valence-electron chi connectivity index (χ0n) is 24.3. The van der Waals surface area contributed by atoms with Crippen LogP contribution in [0, 0.1) is 26.7 Å². The Kier molecular flexibility index (Phi) is 9.59. The number of likely N-dealkylation sites (tertiary alicyclic amines) is 1. The van der Waals surface area contributed by atoms with E-state index in [1.165, 1.54) is 0 Å². The molecule has 1 fully saturated rings. The molecule has 3 heterocycles. The van der Waals surface area contributed by atoms with E-state index in [4.69, 9.17) is 19.2 Å². The van der Waals surface area contributed by atoms with Crippen LogP contribution < -0.4 is 15.4 Å². The normalized spacial score (nSPS) is 14.7. The molecule has 2 amide bonds. The summed E-state index contributed by atoms with van der Waals surface area (Å²) in [6, 6.07) is 7.64. The predicted octanol–water partition coefficient (Wildman–Crippen LogP) is 3.49. The third-order valence-electron chi connectivity index (χ3n) is 7.22. The van der Waals surface area contributed by atoms with Crippen molar-refractivity contribution in [2.24, 2.45) is 5.92 Å². The molecule has 1 aliphatic rings. The maximum absolute atomic E-state index is 12.3. The fourth-order valence-electron chi connectivity index (χ4n) is 4.95. The van der Waals surface area contributed by atoms with Crippen molar-refractivity contribution in [2.45, 2.75) is 39.7 Å². The lowest BCUT2D eigenvalue weighted by atomic mass is 9.97. The van der Waals surface area contributed by atoms with Crippen molar-refractivity contribution < 1.29 is 19.2 Å². The molecule has 1 saturated heterocycles. The first-order valence-corrected chi connectivity index (χ1v) is 13.8. The van der Waals surface area contributed by atoms with Crippen molar-refractivity contribution in [3.63, 3.8) is 0 Å². The number of amides is 2. The Hall–Kier alpha value is -3.70. The SMILES string of the molecule is CNCC(O)COc1cccc(-c2nc(NCC3CCN(C(=O)N(C)C)CC3)c(C)c(-c3c(C)noc3C)n2)c1. The molecule has 0 aliphatic carbocycles. The van der Waals surface area contributed by atoms with Crippen molar-refractivity contribution in [1.82, 2.24) is 30.2 Å². The molecular formula is C29H41N7O4. The summed E-state index contributed by atoms with van der Waals surface area (Å²) < 4.78 is 11.3. The first kappa shape index (κ1) is 29.3. The van der Waals surface area contributed by atoms with Crippen molar-refractivity contribution in [3.8, 4) is 28.4 Å². The van der Waals surface area contributed by atoms with Crippen molar-refractivity contribution in [3.05, 3.63) is 41.3 Å². The molecule has 1 aromatic carbocycles. The van der Waals surface area contributed by atoms with Crippen molar-refractivity contribution in [1.29, 1.82) is 0 Å². The number of carbonyl (C=O) groups is 1. The first-order chi connectivity index (χ1) is 19.2.